The lowest BCUT2D eigenvalue weighted by Gasteiger charge is -2.04. The number of aromatic nitrogens is 2. The highest BCUT2D eigenvalue weighted by molar-refractivity contribution is 9.10. The van der Waals surface area contributed by atoms with Crippen molar-refractivity contribution in [1.29, 1.82) is 0 Å². The van der Waals surface area contributed by atoms with E-state index in [0.29, 0.717) is 0 Å². The Hall–Kier alpha value is -1.26. The van der Waals surface area contributed by atoms with Crippen LogP contribution in [0.15, 0.2) is 41.0 Å². The van der Waals surface area contributed by atoms with Crippen molar-refractivity contribution in [3.63, 3.8) is 0 Å². The van der Waals surface area contributed by atoms with E-state index in [9.17, 15) is 0 Å². The van der Waals surface area contributed by atoms with Crippen molar-refractivity contribution >= 4 is 15.9 Å². The van der Waals surface area contributed by atoms with Crippen molar-refractivity contribution in [3.8, 4) is 11.3 Å². The molecule has 0 atom stereocenters. The van der Waals surface area contributed by atoms with Gasteiger partial charge in [0.15, 0.2) is 0 Å². The predicted octanol–water partition coefficient (Wildman–Crippen LogP) is 3.06. The van der Waals surface area contributed by atoms with Gasteiger partial charge in [-0.15, -0.1) is 0 Å². The number of aryl methyl sites for hydroxylation is 1. The van der Waals surface area contributed by atoms with E-state index < -0.39 is 0 Å². The number of halogens is 1. The Morgan fingerprint density at radius 3 is 2.94 bits per heavy atom. The number of nitrogens with zero attached hydrogens (tertiary/aromatic N) is 2. The molecule has 0 aliphatic carbocycles. The van der Waals surface area contributed by atoms with Crippen LogP contribution in [0.1, 0.15) is 12.2 Å². The van der Waals surface area contributed by atoms with E-state index in [2.05, 4.69) is 43.3 Å². The summed E-state index contributed by atoms with van der Waals surface area (Å²) in [6.07, 6.45) is 3.79. The molecule has 1 N–H and O–H groups in total. The Morgan fingerprint density at radius 1 is 1.28 bits per heavy atom. The molecule has 0 unspecified atom stereocenters. The van der Waals surface area contributed by atoms with Gasteiger partial charge >= 0.3 is 0 Å². The molecule has 2 aromatic rings. The lowest BCUT2D eigenvalue weighted by atomic mass is 10.1. The molecular weight excluding hydrogens is 290 g/mol. The summed E-state index contributed by atoms with van der Waals surface area (Å²) < 4.78 is 1.07. The monoisotopic (exact) mass is 305 g/mol. The molecular formula is C14H16BrN3. The van der Waals surface area contributed by atoms with Crippen molar-refractivity contribution in [1.82, 2.24) is 15.3 Å². The van der Waals surface area contributed by atoms with Gasteiger partial charge in [-0.3, -0.25) is 0 Å². The maximum absolute atomic E-state index is 4.60. The summed E-state index contributed by atoms with van der Waals surface area (Å²) in [5, 5.41) is 3.13. The van der Waals surface area contributed by atoms with E-state index in [4.69, 9.17) is 0 Å². The topological polar surface area (TPSA) is 37.8 Å². The van der Waals surface area contributed by atoms with Crippen LogP contribution in [-0.4, -0.2) is 23.6 Å². The molecule has 0 saturated heterocycles. The van der Waals surface area contributed by atoms with Gasteiger partial charge in [-0.2, -0.15) is 0 Å². The zero-order valence-corrected chi connectivity index (χ0v) is 11.9. The molecule has 1 aromatic carbocycles. The summed E-state index contributed by atoms with van der Waals surface area (Å²) in [5.74, 6) is 0.905. The van der Waals surface area contributed by atoms with Gasteiger partial charge in [0, 0.05) is 22.7 Å². The minimum atomic E-state index is 0.905. The van der Waals surface area contributed by atoms with E-state index >= 15 is 0 Å². The number of rotatable bonds is 5. The van der Waals surface area contributed by atoms with Crippen molar-refractivity contribution in [2.24, 2.45) is 0 Å². The highest BCUT2D eigenvalue weighted by atomic mass is 79.9. The van der Waals surface area contributed by atoms with Crippen LogP contribution in [0.2, 0.25) is 0 Å². The summed E-state index contributed by atoms with van der Waals surface area (Å²) >= 11 is 3.48. The van der Waals surface area contributed by atoms with Crippen molar-refractivity contribution in [2.45, 2.75) is 12.8 Å². The minimum Gasteiger partial charge on any atom is -0.320 e. The normalized spacial score (nSPS) is 10.6. The van der Waals surface area contributed by atoms with Gasteiger partial charge < -0.3 is 5.32 Å². The first kappa shape index (κ1) is 13.2. The highest BCUT2D eigenvalue weighted by Crippen LogP contribution is 2.20. The van der Waals surface area contributed by atoms with Crippen LogP contribution >= 0.6 is 15.9 Å². The maximum atomic E-state index is 4.60. The number of nitrogens with one attached hydrogen (secondary N) is 1. The van der Waals surface area contributed by atoms with Crippen molar-refractivity contribution in [2.75, 3.05) is 13.6 Å². The molecule has 0 saturated carbocycles. The standard InChI is InChI=1S/C14H16BrN3/c1-16-8-3-6-14-17-9-7-13(18-14)11-4-2-5-12(15)10-11/h2,4-5,7,9-10,16H,3,6,8H2,1H3. The van der Waals surface area contributed by atoms with Crippen LogP contribution in [0, 0.1) is 0 Å². The SMILES string of the molecule is CNCCCc1nccc(-c2cccc(Br)c2)n1. The average Bonchev–Trinajstić information content (AvgIpc) is 2.39. The quantitative estimate of drug-likeness (QED) is 0.863. The Balaban J connectivity index is 2.16. The highest BCUT2D eigenvalue weighted by Gasteiger charge is 2.02. The smallest absolute Gasteiger partial charge is 0.128 e. The number of hydrogen-bond donors (Lipinski definition) is 1. The lowest BCUT2D eigenvalue weighted by Crippen LogP contribution is -2.09. The van der Waals surface area contributed by atoms with Crippen LogP contribution in [0.3, 0.4) is 0 Å². The predicted molar refractivity (Wildman–Crippen MR) is 77.4 cm³/mol. The van der Waals surface area contributed by atoms with Crippen LogP contribution in [0.25, 0.3) is 11.3 Å². The molecule has 0 amide bonds. The van der Waals surface area contributed by atoms with E-state index in [1.54, 1.807) is 0 Å². The molecule has 4 heteroatoms. The molecule has 1 aromatic heterocycles. The fourth-order valence-corrected chi connectivity index (χ4v) is 2.15. The molecule has 0 aliphatic rings. The molecule has 0 aliphatic heterocycles. The average molecular weight is 306 g/mol. The summed E-state index contributed by atoms with van der Waals surface area (Å²) in [4.78, 5) is 8.90. The Morgan fingerprint density at radius 2 is 2.17 bits per heavy atom. The summed E-state index contributed by atoms with van der Waals surface area (Å²) in [5.41, 5.74) is 2.09. The third kappa shape index (κ3) is 3.62. The lowest BCUT2D eigenvalue weighted by molar-refractivity contribution is 0.703. The number of hydrogen-bond acceptors (Lipinski definition) is 3. The van der Waals surface area contributed by atoms with E-state index in [1.165, 1.54) is 0 Å². The first-order valence-electron chi connectivity index (χ1n) is 6.02. The van der Waals surface area contributed by atoms with Gasteiger partial charge in [-0.05, 0) is 38.2 Å². The molecule has 0 radical (unpaired) electrons. The summed E-state index contributed by atoms with van der Waals surface area (Å²) in [7, 11) is 1.96. The van der Waals surface area contributed by atoms with Gasteiger partial charge in [-0.1, -0.05) is 28.1 Å². The second-order valence-corrected chi connectivity index (χ2v) is 4.99. The largest absolute Gasteiger partial charge is 0.320 e. The molecule has 0 bridgehead atoms. The van der Waals surface area contributed by atoms with E-state index in [1.807, 2.05) is 31.4 Å². The fraction of sp³-hybridized carbons (Fsp3) is 0.286. The minimum absolute atomic E-state index is 0.905. The Bertz CT molecular complexity index is 514. The molecule has 94 valence electrons. The third-order valence-electron chi connectivity index (χ3n) is 2.65. The molecule has 0 spiro atoms. The van der Waals surface area contributed by atoms with Crippen molar-refractivity contribution < 1.29 is 0 Å². The zero-order chi connectivity index (χ0) is 12.8. The van der Waals surface area contributed by atoms with E-state index in [-0.39, 0.29) is 0 Å². The van der Waals surface area contributed by atoms with Gasteiger partial charge in [0.1, 0.15) is 5.82 Å². The van der Waals surface area contributed by atoms with Crippen LogP contribution in [0.5, 0.6) is 0 Å². The molecule has 18 heavy (non-hydrogen) atoms. The van der Waals surface area contributed by atoms with Gasteiger partial charge in [-0.25, -0.2) is 9.97 Å². The zero-order valence-electron chi connectivity index (χ0n) is 10.4. The fourth-order valence-electron chi connectivity index (χ4n) is 1.75. The van der Waals surface area contributed by atoms with Gasteiger partial charge in [0.2, 0.25) is 0 Å². The summed E-state index contributed by atoms with van der Waals surface area (Å²) in [6.45, 7) is 0.991. The molecule has 1 heterocycles. The van der Waals surface area contributed by atoms with E-state index in [0.717, 1.165) is 40.9 Å². The van der Waals surface area contributed by atoms with Crippen LogP contribution < -0.4 is 5.32 Å². The Kier molecular flexibility index (Phi) is 4.84. The van der Waals surface area contributed by atoms with Crippen LogP contribution in [0.4, 0.5) is 0 Å². The molecule has 0 fully saturated rings. The van der Waals surface area contributed by atoms with Crippen LogP contribution in [-0.2, 0) is 6.42 Å². The van der Waals surface area contributed by atoms with Gasteiger partial charge in [0.25, 0.3) is 0 Å². The molecule has 2 rings (SSSR count). The third-order valence-corrected chi connectivity index (χ3v) is 3.15. The Labute approximate surface area is 116 Å². The molecule has 3 nitrogen and oxygen atoms in total. The second-order valence-electron chi connectivity index (χ2n) is 4.08. The maximum Gasteiger partial charge on any atom is 0.128 e. The second kappa shape index (κ2) is 6.61. The first-order valence-corrected chi connectivity index (χ1v) is 6.81. The van der Waals surface area contributed by atoms with Crippen molar-refractivity contribution in [3.05, 3.63) is 46.8 Å². The number of benzene rings is 1. The first-order chi connectivity index (χ1) is 8.79. The summed E-state index contributed by atoms with van der Waals surface area (Å²) in [6, 6.07) is 10.1. The van der Waals surface area contributed by atoms with Gasteiger partial charge in [0.05, 0.1) is 5.69 Å².